The number of ether oxygens (including phenoxy) is 2. The average molecular weight is 471 g/mol. The van der Waals surface area contributed by atoms with Crippen molar-refractivity contribution in [3.05, 3.63) is 52.9 Å². The van der Waals surface area contributed by atoms with E-state index in [1.807, 2.05) is 48.7 Å². The standard InChI is InChI=1S/C24H23ClN2O4S/c1-4-19(24(29)31-14(2)3)27-20-11-15(9-10-21(20)30-12-22(27)28)18-13-32-23(26-18)16-7-5-6-8-17(16)25/h5-11,13-14,19H,4,12H2,1-3H3. The first-order valence-electron chi connectivity index (χ1n) is 10.4. The molecule has 1 aromatic heterocycles. The lowest BCUT2D eigenvalue weighted by atomic mass is 10.1. The largest absolute Gasteiger partial charge is 0.482 e. The molecule has 1 aliphatic heterocycles. The summed E-state index contributed by atoms with van der Waals surface area (Å²) in [6.45, 7) is 5.31. The van der Waals surface area contributed by atoms with Gasteiger partial charge in [0.1, 0.15) is 16.8 Å². The number of esters is 1. The monoisotopic (exact) mass is 470 g/mol. The van der Waals surface area contributed by atoms with Crippen molar-refractivity contribution >= 4 is 40.5 Å². The second kappa shape index (κ2) is 9.30. The number of amides is 1. The van der Waals surface area contributed by atoms with Crippen LogP contribution in [-0.4, -0.2) is 35.6 Å². The van der Waals surface area contributed by atoms with E-state index in [9.17, 15) is 9.59 Å². The smallest absolute Gasteiger partial charge is 0.329 e. The summed E-state index contributed by atoms with van der Waals surface area (Å²) in [7, 11) is 0. The summed E-state index contributed by atoms with van der Waals surface area (Å²) >= 11 is 7.81. The lowest BCUT2D eigenvalue weighted by Crippen LogP contribution is -2.50. The van der Waals surface area contributed by atoms with E-state index in [1.165, 1.54) is 16.2 Å². The molecule has 0 radical (unpaired) electrons. The zero-order valence-electron chi connectivity index (χ0n) is 18.0. The van der Waals surface area contributed by atoms with Gasteiger partial charge in [0.15, 0.2) is 6.61 Å². The fourth-order valence-electron chi connectivity index (χ4n) is 3.60. The van der Waals surface area contributed by atoms with Gasteiger partial charge in [-0.25, -0.2) is 9.78 Å². The van der Waals surface area contributed by atoms with E-state index < -0.39 is 12.0 Å². The molecule has 166 valence electrons. The van der Waals surface area contributed by atoms with Gasteiger partial charge in [0.05, 0.1) is 22.5 Å². The number of aromatic nitrogens is 1. The third-order valence-corrected chi connectivity index (χ3v) is 6.27. The van der Waals surface area contributed by atoms with Crippen molar-refractivity contribution in [1.82, 2.24) is 4.98 Å². The summed E-state index contributed by atoms with van der Waals surface area (Å²) in [5.74, 6) is -0.160. The molecule has 1 amide bonds. The minimum Gasteiger partial charge on any atom is -0.482 e. The molecular formula is C24H23ClN2O4S. The van der Waals surface area contributed by atoms with Crippen LogP contribution in [-0.2, 0) is 14.3 Å². The summed E-state index contributed by atoms with van der Waals surface area (Å²) in [5, 5.41) is 3.39. The molecule has 0 bridgehead atoms. The van der Waals surface area contributed by atoms with E-state index in [1.54, 1.807) is 19.9 Å². The van der Waals surface area contributed by atoms with Crippen LogP contribution in [0.2, 0.25) is 5.02 Å². The highest BCUT2D eigenvalue weighted by molar-refractivity contribution is 7.13. The highest BCUT2D eigenvalue weighted by Gasteiger charge is 2.36. The minimum absolute atomic E-state index is 0.120. The van der Waals surface area contributed by atoms with Crippen molar-refractivity contribution in [2.45, 2.75) is 39.3 Å². The van der Waals surface area contributed by atoms with Crippen LogP contribution in [0.25, 0.3) is 21.8 Å². The Bertz CT molecular complexity index is 1160. The van der Waals surface area contributed by atoms with E-state index in [4.69, 9.17) is 26.1 Å². The number of carbonyl (C=O) groups is 2. The maximum absolute atomic E-state index is 12.8. The maximum atomic E-state index is 12.8. The average Bonchev–Trinajstić information content (AvgIpc) is 3.25. The van der Waals surface area contributed by atoms with Gasteiger partial charge in [-0.2, -0.15) is 0 Å². The third-order valence-electron chi connectivity index (χ3n) is 5.06. The molecule has 6 nitrogen and oxygen atoms in total. The molecule has 0 aliphatic carbocycles. The van der Waals surface area contributed by atoms with E-state index in [-0.39, 0.29) is 18.6 Å². The fraction of sp³-hybridized carbons (Fsp3) is 0.292. The second-order valence-electron chi connectivity index (χ2n) is 7.66. The number of fused-ring (bicyclic) bond motifs is 1. The lowest BCUT2D eigenvalue weighted by Gasteiger charge is -2.34. The number of nitrogens with zero attached hydrogens (tertiary/aromatic N) is 2. The number of hydrogen-bond donors (Lipinski definition) is 0. The van der Waals surface area contributed by atoms with Crippen molar-refractivity contribution in [1.29, 1.82) is 0 Å². The molecule has 0 saturated heterocycles. The van der Waals surface area contributed by atoms with Crippen molar-refractivity contribution in [3.63, 3.8) is 0 Å². The first kappa shape index (κ1) is 22.3. The SMILES string of the molecule is CCC(C(=O)OC(C)C)N1C(=O)COc2ccc(-c3csc(-c4ccccc4Cl)n3)cc21. The number of benzene rings is 2. The Morgan fingerprint density at radius 3 is 2.78 bits per heavy atom. The number of anilines is 1. The van der Waals surface area contributed by atoms with Crippen LogP contribution >= 0.6 is 22.9 Å². The first-order valence-corrected chi connectivity index (χ1v) is 11.6. The Kier molecular flexibility index (Phi) is 6.48. The van der Waals surface area contributed by atoms with Gasteiger partial charge in [-0.15, -0.1) is 11.3 Å². The molecule has 0 spiro atoms. The van der Waals surface area contributed by atoms with E-state index in [2.05, 4.69) is 0 Å². The second-order valence-corrected chi connectivity index (χ2v) is 8.93. The van der Waals surface area contributed by atoms with E-state index in [0.29, 0.717) is 22.9 Å². The molecule has 1 atom stereocenters. The summed E-state index contributed by atoms with van der Waals surface area (Å²) in [6, 6.07) is 12.4. The molecule has 32 heavy (non-hydrogen) atoms. The zero-order valence-corrected chi connectivity index (χ0v) is 19.6. The fourth-order valence-corrected chi connectivity index (χ4v) is 4.75. The highest BCUT2D eigenvalue weighted by atomic mass is 35.5. The number of rotatable bonds is 6. The molecule has 1 unspecified atom stereocenters. The summed E-state index contributed by atoms with van der Waals surface area (Å²) < 4.78 is 11.0. The zero-order chi connectivity index (χ0) is 22.8. The number of halogens is 1. The van der Waals surface area contributed by atoms with Gasteiger partial charge in [0.25, 0.3) is 5.91 Å². The number of carbonyl (C=O) groups excluding carboxylic acids is 2. The number of hydrogen-bond acceptors (Lipinski definition) is 6. The Hall–Kier alpha value is -2.90. The highest BCUT2D eigenvalue weighted by Crippen LogP contribution is 2.39. The summed E-state index contributed by atoms with van der Waals surface area (Å²) in [5.41, 5.74) is 2.97. The topological polar surface area (TPSA) is 68.7 Å². The van der Waals surface area contributed by atoms with Crippen LogP contribution < -0.4 is 9.64 Å². The third kappa shape index (κ3) is 4.36. The van der Waals surface area contributed by atoms with Crippen molar-refractivity contribution < 1.29 is 19.1 Å². The summed E-state index contributed by atoms with van der Waals surface area (Å²) in [6.07, 6.45) is 0.158. The van der Waals surface area contributed by atoms with Crippen molar-refractivity contribution in [2.24, 2.45) is 0 Å². The van der Waals surface area contributed by atoms with E-state index >= 15 is 0 Å². The van der Waals surface area contributed by atoms with Gasteiger partial charge in [-0.05, 0) is 44.5 Å². The molecule has 0 N–H and O–H groups in total. The van der Waals surface area contributed by atoms with Crippen molar-refractivity contribution in [2.75, 3.05) is 11.5 Å². The van der Waals surface area contributed by atoms with Crippen LogP contribution in [0, 0.1) is 0 Å². The van der Waals surface area contributed by atoms with E-state index in [0.717, 1.165) is 21.8 Å². The van der Waals surface area contributed by atoms with Gasteiger partial charge >= 0.3 is 5.97 Å². The molecule has 0 saturated carbocycles. The predicted molar refractivity (Wildman–Crippen MR) is 126 cm³/mol. The van der Waals surface area contributed by atoms with Gasteiger partial charge < -0.3 is 9.47 Å². The Balaban J connectivity index is 1.71. The Morgan fingerprint density at radius 2 is 2.06 bits per heavy atom. The molecule has 3 aromatic rings. The van der Waals surface area contributed by atoms with Gasteiger partial charge in [0.2, 0.25) is 0 Å². The predicted octanol–water partition coefficient (Wildman–Crippen LogP) is 5.59. The van der Waals surface area contributed by atoms with Crippen molar-refractivity contribution in [3.8, 4) is 27.6 Å². The molecular weight excluding hydrogens is 448 g/mol. The molecule has 8 heteroatoms. The molecule has 2 heterocycles. The van der Waals surface area contributed by atoms with Gasteiger partial charge in [0, 0.05) is 16.5 Å². The minimum atomic E-state index is -0.725. The molecule has 1 aliphatic rings. The normalized spacial score (nSPS) is 14.2. The Morgan fingerprint density at radius 1 is 1.28 bits per heavy atom. The number of thiazole rings is 1. The molecule has 2 aromatic carbocycles. The molecule has 4 rings (SSSR count). The van der Waals surface area contributed by atoms with Gasteiger partial charge in [-0.1, -0.05) is 36.7 Å². The quantitative estimate of drug-likeness (QED) is 0.439. The van der Waals surface area contributed by atoms with Crippen LogP contribution in [0.15, 0.2) is 47.8 Å². The molecule has 0 fully saturated rings. The van der Waals surface area contributed by atoms with Crippen LogP contribution in [0.4, 0.5) is 5.69 Å². The summed E-state index contributed by atoms with van der Waals surface area (Å²) in [4.78, 5) is 31.7. The van der Waals surface area contributed by atoms with Crippen LogP contribution in [0.5, 0.6) is 5.75 Å². The van der Waals surface area contributed by atoms with Crippen LogP contribution in [0.1, 0.15) is 27.2 Å². The Labute approximate surface area is 195 Å². The first-order chi connectivity index (χ1) is 15.4. The van der Waals surface area contributed by atoms with Crippen LogP contribution in [0.3, 0.4) is 0 Å². The lowest BCUT2D eigenvalue weighted by molar-refractivity contribution is -0.150. The van der Waals surface area contributed by atoms with Gasteiger partial charge in [-0.3, -0.25) is 9.69 Å². The maximum Gasteiger partial charge on any atom is 0.329 e.